The number of likely N-dealkylation sites (tertiary alicyclic amines) is 1. The van der Waals surface area contributed by atoms with E-state index in [-0.39, 0.29) is 0 Å². The van der Waals surface area contributed by atoms with E-state index in [9.17, 15) is 0 Å². The summed E-state index contributed by atoms with van der Waals surface area (Å²) >= 11 is 0. The van der Waals surface area contributed by atoms with Crippen molar-refractivity contribution in [3.8, 4) is 12.3 Å². The Labute approximate surface area is 100 Å². The average Bonchev–Trinajstić information content (AvgIpc) is 2.64. The van der Waals surface area contributed by atoms with Crippen LogP contribution in [0.3, 0.4) is 0 Å². The number of rotatable bonds is 6. The first-order valence-corrected chi connectivity index (χ1v) is 6.19. The Morgan fingerprint density at radius 3 is 2.94 bits per heavy atom. The van der Waals surface area contributed by atoms with Crippen molar-refractivity contribution in [2.24, 2.45) is 0 Å². The van der Waals surface area contributed by atoms with Gasteiger partial charge < -0.3 is 15.1 Å². The largest absolute Gasteiger partial charge is 0.305 e. The van der Waals surface area contributed by atoms with Gasteiger partial charge in [0.25, 0.3) is 0 Å². The molecule has 0 aromatic rings. The summed E-state index contributed by atoms with van der Waals surface area (Å²) in [5.41, 5.74) is 0. The van der Waals surface area contributed by atoms with E-state index in [0.29, 0.717) is 12.6 Å². The van der Waals surface area contributed by atoms with Crippen LogP contribution in [-0.4, -0.2) is 62.2 Å². The van der Waals surface area contributed by atoms with Gasteiger partial charge in [-0.2, -0.15) is 0 Å². The molecule has 0 spiro atoms. The van der Waals surface area contributed by atoms with Gasteiger partial charge in [-0.15, -0.1) is 6.42 Å². The van der Waals surface area contributed by atoms with E-state index in [1.54, 1.807) is 0 Å². The van der Waals surface area contributed by atoms with Crippen LogP contribution >= 0.6 is 0 Å². The fourth-order valence-electron chi connectivity index (χ4n) is 2.23. The molecular weight excluding hydrogens is 198 g/mol. The number of hydrogen-bond donors (Lipinski definition) is 1. The quantitative estimate of drug-likeness (QED) is 0.526. The first kappa shape index (κ1) is 13.5. The normalized spacial score (nSPS) is 23.6. The SMILES string of the molecule is C#CCNCC(C)N(C)CC1CCCN1C. The second kappa shape index (κ2) is 6.90. The minimum absolute atomic E-state index is 0.544. The minimum atomic E-state index is 0.544. The molecule has 2 unspecified atom stereocenters. The number of likely N-dealkylation sites (N-methyl/N-ethyl adjacent to an activating group) is 2. The predicted octanol–water partition coefficient (Wildman–Crippen LogP) is 0.624. The van der Waals surface area contributed by atoms with E-state index < -0.39 is 0 Å². The van der Waals surface area contributed by atoms with E-state index in [1.165, 1.54) is 19.4 Å². The molecule has 0 radical (unpaired) electrons. The van der Waals surface area contributed by atoms with Gasteiger partial charge in [0.2, 0.25) is 0 Å². The summed E-state index contributed by atoms with van der Waals surface area (Å²) in [5.74, 6) is 2.60. The Bertz CT molecular complexity index is 234. The van der Waals surface area contributed by atoms with Gasteiger partial charge in [0.15, 0.2) is 0 Å². The van der Waals surface area contributed by atoms with Crippen molar-refractivity contribution in [3.05, 3.63) is 0 Å². The van der Waals surface area contributed by atoms with Crippen molar-refractivity contribution in [2.45, 2.75) is 31.8 Å². The lowest BCUT2D eigenvalue weighted by Crippen LogP contribution is -2.44. The molecular formula is C13H25N3. The van der Waals surface area contributed by atoms with Gasteiger partial charge in [0.05, 0.1) is 6.54 Å². The summed E-state index contributed by atoms with van der Waals surface area (Å²) in [6.07, 6.45) is 7.89. The molecule has 1 rings (SSSR count). The third kappa shape index (κ3) is 4.13. The van der Waals surface area contributed by atoms with Crippen molar-refractivity contribution in [1.82, 2.24) is 15.1 Å². The number of hydrogen-bond acceptors (Lipinski definition) is 3. The van der Waals surface area contributed by atoms with Crippen LogP contribution in [0.1, 0.15) is 19.8 Å². The first-order valence-electron chi connectivity index (χ1n) is 6.19. The Morgan fingerprint density at radius 2 is 2.38 bits per heavy atom. The Morgan fingerprint density at radius 1 is 1.62 bits per heavy atom. The lowest BCUT2D eigenvalue weighted by atomic mass is 10.2. The molecule has 1 aliphatic rings. The van der Waals surface area contributed by atoms with Crippen molar-refractivity contribution < 1.29 is 0 Å². The second-order valence-electron chi connectivity index (χ2n) is 4.90. The van der Waals surface area contributed by atoms with Crippen LogP contribution in [0.25, 0.3) is 0 Å². The number of nitrogens with zero attached hydrogens (tertiary/aromatic N) is 2. The molecule has 16 heavy (non-hydrogen) atoms. The van der Waals surface area contributed by atoms with Gasteiger partial charge >= 0.3 is 0 Å². The number of terminal acetylenes is 1. The van der Waals surface area contributed by atoms with Crippen LogP contribution in [0.2, 0.25) is 0 Å². The van der Waals surface area contributed by atoms with Crippen molar-refractivity contribution >= 4 is 0 Å². The van der Waals surface area contributed by atoms with E-state index in [4.69, 9.17) is 6.42 Å². The molecule has 0 amide bonds. The van der Waals surface area contributed by atoms with Gasteiger partial charge in [0, 0.05) is 25.2 Å². The summed E-state index contributed by atoms with van der Waals surface area (Å²) in [6, 6.07) is 1.28. The van der Waals surface area contributed by atoms with Gasteiger partial charge in [-0.05, 0) is 40.4 Å². The first-order chi connectivity index (χ1) is 7.65. The molecule has 1 aliphatic heterocycles. The highest BCUT2D eigenvalue weighted by atomic mass is 15.2. The molecule has 2 atom stereocenters. The zero-order valence-electron chi connectivity index (χ0n) is 10.9. The average molecular weight is 223 g/mol. The van der Waals surface area contributed by atoms with Gasteiger partial charge in [0.1, 0.15) is 0 Å². The Kier molecular flexibility index (Phi) is 5.83. The highest BCUT2D eigenvalue weighted by Crippen LogP contribution is 2.15. The van der Waals surface area contributed by atoms with Crippen LogP contribution < -0.4 is 5.32 Å². The van der Waals surface area contributed by atoms with Crippen molar-refractivity contribution in [3.63, 3.8) is 0 Å². The van der Waals surface area contributed by atoms with Crippen molar-refractivity contribution in [1.29, 1.82) is 0 Å². The zero-order valence-corrected chi connectivity index (χ0v) is 10.9. The van der Waals surface area contributed by atoms with Crippen LogP contribution in [0.5, 0.6) is 0 Å². The monoisotopic (exact) mass is 223 g/mol. The van der Waals surface area contributed by atoms with E-state index in [0.717, 1.165) is 19.1 Å². The van der Waals surface area contributed by atoms with Crippen LogP contribution in [0.15, 0.2) is 0 Å². The maximum atomic E-state index is 5.21. The third-order valence-corrected chi connectivity index (χ3v) is 3.59. The molecule has 0 saturated carbocycles. The summed E-state index contributed by atoms with van der Waals surface area (Å²) < 4.78 is 0. The third-order valence-electron chi connectivity index (χ3n) is 3.59. The molecule has 1 fully saturated rings. The van der Waals surface area contributed by atoms with Crippen LogP contribution in [0, 0.1) is 12.3 Å². The predicted molar refractivity (Wildman–Crippen MR) is 69.4 cm³/mol. The fourth-order valence-corrected chi connectivity index (χ4v) is 2.23. The molecule has 0 bridgehead atoms. The molecule has 3 heteroatoms. The van der Waals surface area contributed by atoms with Gasteiger partial charge in [-0.25, -0.2) is 0 Å². The molecule has 92 valence electrons. The summed E-state index contributed by atoms with van der Waals surface area (Å²) in [4.78, 5) is 4.90. The maximum Gasteiger partial charge on any atom is 0.0574 e. The fraction of sp³-hybridized carbons (Fsp3) is 0.846. The zero-order chi connectivity index (χ0) is 12.0. The smallest absolute Gasteiger partial charge is 0.0574 e. The summed E-state index contributed by atoms with van der Waals surface area (Å²) in [5, 5.41) is 3.26. The molecule has 1 N–H and O–H groups in total. The van der Waals surface area contributed by atoms with Crippen molar-refractivity contribution in [2.75, 3.05) is 40.3 Å². The Hall–Kier alpha value is -0.560. The lowest BCUT2D eigenvalue weighted by molar-refractivity contribution is 0.183. The molecule has 3 nitrogen and oxygen atoms in total. The van der Waals surface area contributed by atoms with E-state index in [1.807, 2.05) is 0 Å². The maximum absolute atomic E-state index is 5.21. The standard InChI is InChI=1S/C13H25N3/c1-5-8-14-10-12(2)16(4)11-13-7-6-9-15(13)3/h1,12-14H,6-11H2,2-4H3. The van der Waals surface area contributed by atoms with Crippen LogP contribution in [0.4, 0.5) is 0 Å². The highest BCUT2D eigenvalue weighted by molar-refractivity contribution is 4.87. The molecule has 0 aromatic carbocycles. The second-order valence-corrected chi connectivity index (χ2v) is 4.90. The molecule has 1 saturated heterocycles. The molecule has 0 aliphatic carbocycles. The van der Waals surface area contributed by atoms with Gasteiger partial charge in [-0.3, -0.25) is 0 Å². The van der Waals surface area contributed by atoms with E-state index in [2.05, 4.69) is 42.1 Å². The van der Waals surface area contributed by atoms with E-state index >= 15 is 0 Å². The lowest BCUT2D eigenvalue weighted by Gasteiger charge is -2.30. The van der Waals surface area contributed by atoms with Crippen LogP contribution in [-0.2, 0) is 0 Å². The number of nitrogens with one attached hydrogen (secondary N) is 1. The van der Waals surface area contributed by atoms with Gasteiger partial charge in [-0.1, -0.05) is 5.92 Å². The highest BCUT2D eigenvalue weighted by Gasteiger charge is 2.23. The molecule has 0 aromatic heterocycles. The summed E-state index contributed by atoms with van der Waals surface area (Å²) in [7, 11) is 4.43. The summed E-state index contributed by atoms with van der Waals surface area (Å²) in [6.45, 7) is 6.30. The molecule has 1 heterocycles. The Balaban J connectivity index is 2.22. The minimum Gasteiger partial charge on any atom is -0.305 e. The topological polar surface area (TPSA) is 18.5 Å².